The van der Waals surface area contributed by atoms with Crippen LogP contribution in [0.5, 0.6) is 0 Å². The van der Waals surface area contributed by atoms with Crippen LogP contribution >= 0.6 is 0 Å². The maximum Gasteiger partial charge on any atom is 0.0575 e. The van der Waals surface area contributed by atoms with Crippen LogP contribution in [-0.2, 0) is 0 Å². The van der Waals surface area contributed by atoms with Gasteiger partial charge in [0.2, 0.25) is 0 Å². The Hall–Kier alpha value is -0.740. The molecule has 0 aromatic rings. The highest BCUT2D eigenvalue weighted by molar-refractivity contribution is 5.11. The first-order chi connectivity index (χ1) is 6.31. The second-order valence-electron chi connectivity index (χ2n) is 4.32. The second-order valence-corrected chi connectivity index (χ2v) is 4.32. The monoisotopic (exact) mass is 175 g/mol. The fourth-order valence-electron chi connectivity index (χ4n) is 2.77. The Bertz CT molecular complexity index is 248. The molecular weight excluding hydrogens is 158 g/mol. The van der Waals surface area contributed by atoms with Gasteiger partial charge in [0.05, 0.1) is 6.54 Å². The van der Waals surface area contributed by atoms with Gasteiger partial charge in [-0.2, -0.15) is 0 Å². The number of allylic oxidation sites excluding steroid dienone is 2. The number of terminal acetylenes is 1. The predicted molar refractivity (Wildman–Crippen MR) is 55.1 cm³/mol. The van der Waals surface area contributed by atoms with Gasteiger partial charge < -0.3 is 5.32 Å². The van der Waals surface area contributed by atoms with Crippen molar-refractivity contribution in [2.24, 2.45) is 17.8 Å². The number of hydrogen-bond donors (Lipinski definition) is 1. The zero-order valence-electron chi connectivity index (χ0n) is 8.16. The first-order valence-corrected chi connectivity index (χ1v) is 5.16. The summed E-state index contributed by atoms with van der Waals surface area (Å²) < 4.78 is 0. The molecule has 0 spiro atoms. The van der Waals surface area contributed by atoms with Gasteiger partial charge in [-0.25, -0.2) is 0 Å². The molecule has 1 nitrogen and oxygen atoms in total. The van der Waals surface area contributed by atoms with Gasteiger partial charge in [0.1, 0.15) is 0 Å². The van der Waals surface area contributed by atoms with E-state index in [2.05, 4.69) is 30.3 Å². The average Bonchev–Trinajstić information content (AvgIpc) is 2.74. The molecule has 1 N–H and O–H groups in total. The molecule has 2 aliphatic rings. The summed E-state index contributed by atoms with van der Waals surface area (Å²) in [6.07, 6.45) is 12.7. The first kappa shape index (κ1) is 8.84. The first-order valence-electron chi connectivity index (χ1n) is 5.16. The third kappa shape index (κ3) is 1.64. The molecule has 13 heavy (non-hydrogen) atoms. The van der Waals surface area contributed by atoms with Gasteiger partial charge in [0, 0.05) is 6.04 Å². The molecule has 0 amide bonds. The van der Waals surface area contributed by atoms with Crippen molar-refractivity contribution in [3.8, 4) is 12.3 Å². The zero-order chi connectivity index (χ0) is 9.26. The maximum atomic E-state index is 5.22. The standard InChI is InChI=1S/C12H17N/c1-3-6-13-9(2)12-8-10-4-5-11(12)7-10/h1,4-5,9-13H,6-8H2,2H3. The van der Waals surface area contributed by atoms with Gasteiger partial charge in [-0.1, -0.05) is 18.1 Å². The van der Waals surface area contributed by atoms with Crippen molar-refractivity contribution in [2.75, 3.05) is 6.54 Å². The number of rotatable bonds is 3. The van der Waals surface area contributed by atoms with Crippen LogP contribution in [0.3, 0.4) is 0 Å². The number of hydrogen-bond acceptors (Lipinski definition) is 1. The summed E-state index contributed by atoms with van der Waals surface area (Å²) in [6.45, 7) is 2.97. The Labute approximate surface area is 80.6 Å². The van der Waals surface area contributed by atoms with E-state index in [1.54, 1.807) is 0 Å². The van der Waals surface area contributed by atoms with E-state index >= 15 is 0 Å². The lowest BCUT2D eigenvalue weighted by atomic mass is 9.87. The van der Waals surface area contributed by atoms with Gasteiger partial charge in [0.25, 0.3) is 0 Å². The van der Waals surface area contributed by atoms with Gasteiger partial charge in [0.15, 0.2) is 0 Å². The van der Waals surface area contributed by atoms with E-state index in [1.165, 1.54) is 12.8 Å². The van der Waals surface area contributed by atoms with Crippen LogP contribution in [-0.4, -0.2) is 12.6 Å². The Morgan fingerprint density at radius 2 is 2.38 bits per heavy atom. The van der Waals surface area contributed by atoms with Crippen LogP contribution in [0.4, 0.5) is 0 Å². The highest BCUT2D eigenvalue weighted by Crippen LogP contribution is 2.44. The van der Waals surface area contributed by atoms with E-state index in [9.17, 15) is 0 Å². The van der Waals surface area contributed by atoms with Crippen LogP contribution < -0.4 is 5.32 Å². The number of nitrogens with one attached hydrogen (secondary N) is 1. The van der Waals surface area contributed by atoms with Crippen molar-refractivity contribution < 1.29 is 0 Å². The Morgan fingerprint density at radius 3 is 2.92 bits per heavy atom. The summed E-state index contributed by atoms with van der Waals surface area (Å²) >= 11 is 0. The summed E-state index contributed by atoms with van der Waals surface area (Å²) in [5.41, 5.74) is 0. The Balaban J connectivity index is 1.88. The molecule has 1 fully saturated rings. The van der Waals surface area contributed by atoms with Crippen LogP contribution in [0.15, 0.2) is 12.2 Å². The van der Waals surface area contributed by atoms with Crippen LogP contribution in [0.2, 0.25) is 0 Å². The summed E-state index contributed by atoms with van der Waals surface area (Å²) in [6, 6.07) is 0.580. The van der Waals surface area contributed by atoms with Gasteiger partial charge in [-0.3, -0.25) is 0 Å². The van der Waals surface area contributed by atoms with E-state index < -0.39 is 0 Å². The number of fused-ring (bicyclic) bond motifs is 2. The van der Waals surface area contributed by atoms with Gasteiger partial charge in [-0.15, -0.1) is 6.42 Å². The maximum absolute atomic E-state index is 5.22. The Morgan fingerprint density at radius 1 is 1.54 bits per heavy atom. The van der Waals surface area contributed by atoms with Crippen molar-refractivity contribution >= 4 is 0 Å². The SMILES string of the molecule is C#CCNC(C)C1CC2C=CC1C2. The molecule has 1 saturated carbocycles. The summed E-state index contributed by atoms with van der Waals surface area (Å²) in [5.74, 6) is 5.15. The van der Waals surface area contributed by atoms with E-state index in [-0.39, 0.29) is 0 Å². The van der Waals surface area contributed by atoms with E-state index in [0.717, 1.165) is 17.8 Å². The largest absolute Gasteiger partial charge is 0.303 e. The summed E-state index contributed by atoms with van der Waals surface area (Å²) in [5, 5.41) is 3.39. The molecule has 2 bridgehead atoms. The minimum absolute atomic E-state index is 0.580. The van der Waals surface area contributed by atoms with Crippen LogP contribution in [0.1, 0.15) is 19.8 Å². The minimum atomic E-state index is 0.580. The third-order valence-electron chi connectivity index (χ3n) is 3.50. The van der Waals surface area contributed by atoms with Crippen LogP contribution in [0.25, 0.3) is 0 Å². The summed E-state index contributed by atoms with van der Waals surface area (Å²) in [7, 11) is 0. The van der Waals surface area contributed by atoms with Crippen molar-refractivity contribution in [1.82, 2.24) is 5.32 Å². The quantitative estimate of drug-likeness (QED) is 0.509. The highest BCUT2D eigenvalue weighted by Gasteiger charge is 2.37. The van der Waals surface area contributed by atoms with Crippen molar-refractivity contribution in [3.63, 3.8) is 0 Å². The smallest absolute Gasteiger partial charge is 0.0575 e. The van der Waals surface area contributed by atoms with Gasteiger partial charge in [-0.05, 0) is 37.5 Å². The summed E-state index contributed by atoms with van der Waals surface area (Å²) in [4.78, 5) is 0. The molecule has 0 aliphatic heterocycles. The topological polar surface area (TPSA) is 12.0 Å². The van der Waals surface area contributed by atoms with E-state index in [4.69, 9.17) is 6.42 Å². The molecule has 2 rings (SSSR count). The molecule has 0 saturated heterocycles. The fourth-order valence-corrected chi connectivity index (χ4v) is 2.77. The molecular formula is C12H17N. The predicted octanol–water partition coefficient (Wildman–Crippen LogP) is 1.81. The molecule has 70 valence electrons. The normalized spacial score (nSPS) is 37.7. The van der Waals surface area contributed by atoms with Crippen molar-refractivity contribution in [2.45, 2.75) is 25.8 Å². The third-order valence-corrected chi connectivity index (χ3v) is 3.50. The molecule has 0 aromatic heterocycles. The lowest BCUT2D eigenvalue weighted by Gasteiger charge is -2.25. The Kier molecular flexibility index (Phi) is 2.42. The second kappa shape index (κ2) is 3.55. The average molecular weight is 175 g/mol. The van der Waals surface area contributed by atoms with Crippen molar-refractivity contribution in [3.05, 3.63) is 12.2 Å². The molecule has 1 heteroatoms. The molecule has 0 radical (unpaired) electrons. The van der Waals surface area contributed by atoms with E-state index in [1.807, 2.05) is 0 Å². The lowest BCUT2D eigenvalue weighted by Crippen LogP contribution is -2.35. The fraction of sp³-hybridized carbons (Fsp3) is 0.667. The highest BCUT2D eigenvalue weighted by atomic mass is 14.9. The molecule has 4 atom stereocenters. The van der Waals surface area contributed by atoms with E-state index in [0.29, 0.717) is 12.6 Å². The zero-order valence-corrected chi connectivity index (χ0v) is 8.16. The molecule has 4 unspecified atom stereocenters. The van der Waals surface area contributed by atoms with Crippen LogP contribution in [0, 0.1) is 30.1 Å². The molecule has 0 heterocycles. The molecule has 0 aromatic carbocycles. The van der Waals surface area contributed by atoms with Gasteiger partial charge >= 0.3 is 0 Å². The molecule has 2 aliphatic carbocycles. The minimum Gasteiger partial charge on any atom is -0.303 e. The lowest BCUT2D eigenvalue weighted by molar-refractivity contribution is 0.337. The van der Waals surface area contributed by atoms with Crippen molar-refractivity contribution in [1.29, 1.82) is 0 Å².